The average Bonchev–Trinajstić information content (AvgIpc) is 3.03. The number of esters is 1. The molecule has 0 aliphatic heterocycles. The van der Waals surface area contributed by atoms with Crippen LogP contribution in [0, 0.1) is 17.0 Å². The van der Waals surface area contributed by atoms with Crippen molar-refractivity contribution in [2.75, 3.05) is 19.0 Å². The number of rotatable bonds is 8. The van der Waals surface area contributed by atoms with Crippen molar-refractivity contribution in [1.82, 2.24) is 4.57 Å². The Morgan fingerprint density at radius 3 is 2.56 bits per heavy atom. The molecule has 10 nitrogen and oxygen atoms in total. The average molecular weight is 441 g/mol. The first kappa shape index (κ1) is 22.7. The molecule has 3 aromatic rings. The summed E-state index contributed by atoms with van der Waals surface area (Å²) in [4.78, 5) is 35.5. The molecule has 0 radical (unpaired) electrons. The van der Waals surface area contributed by atoms with Crippen molar-refractivity contribution in [3.8, 4) is 5.75 Å². The number of aryl methyl sites for hydroxylation is 1. The van der Waals surface area contributed by atoms with Crippen molar-refractivity contribution in [1.29, 1.82) is 0 Å². The van der Waals surface area contributed by atoms with E-state index in [-0.39, 0.29) is 30.5 Å². The van der Waals surface area contributed by atoms with Gasteiger partial charge in [-0.3, -0.25) is 14.9 Å². The number of hydrogen-bond donors (Lipinski definition) is 1. The summed E-state index contributed by atoms with van der Waals surface area (Å²) in [5, 5.41) is 13.7. The Labute approximate surface area is 184 Å². The van der Waals surface area contributed by atoms with Gasteiger partial charge < -0.3 is 14.8 Å². The Hall–Kier alpha value is -3.95. The van der Waals surface area contributed by atoms with E-state index in [1.54, 1.807) is 19.1 Å². The summed E-state index contributed by atoms with van der Waals surface area (Å²) in [6.45, 7) is 6.56. The first-order valence-electron chi connectivity index (χ1n) is 10.1. The topological polar surface area (TPSA) is 117 Å². The fourth-order valence-corrected chi connectivity index (χ4v) is 3.63. The normalized spacial score (nSPS) is 10.8. The Kier molecular flexibility index (Phi) is 6.72. The van der Waals surface area contributed by atoms with Crippen LogP contribution in [0.4, 0.5) is 11.4 Å². The fourth-order valence-electron chi connectivity index (χ4n) is 3.63. The minimum Gasteiger partial charge on any atom is -0.494 e. The van der Waals surface area contributed by atoms with Gasteiger partial charge in [0.25, 0.3) is 17.4 Å². The van der Waals surface area contributed by atoms with Crippen LogP contribution in [0.3, 0.4) is 0 Å². The number of aromatic nitrogens is 2. The zero-order chi connectivity index (χ0) is 23.4. The minimum atomic E-state index is -0.534. The van der Waals surface area contributed by atoms with Crippen molar-refractivity contribution in [2.45, 2.75) is 33.9 Å². The molecule has 2 aromatic carbocycles. The molecule has 1 aromatic heterocycles. The Morgan fingerprint density at radius 2 is 1.94 bits per heavy atom. The summed E-state index contributed by atoms with van der Waals surface area (Å²) >= 11 is 0. The van der Waals surface area contributed by atoms with E-state index < -0.39 is 10.9 Å². The molecule has 0 aliphatic rings. The summed E-state index contributed by atoms with van der Waals surface area (Å²) in [5.41, 5.74) is 2.20. The third kappa shape index (κ3) is 4.39. The number of amides is 1. The molecule has 1 heterocycles. The molecular formula is C22H25N4O6+. The van der Waals surface area contributed by atoms with Gasteiger partial charge in [-0.05, 0) is 32.0 Å². The largest absolute Gasteiger partial charge is 0.494 e. The van der Waals surface area contributed by atoms with Crippen molar-refractivity contribution >= 4 is 34.3 Å². The number of non-ortho nitro benzene ring substituents is 1. The van der Waals surface area contributed by atoms with Crippen molar-refractivity contribution in [3.05, 3.63) is 57.9 Å². The molecule has 0 saturated heterocycles. The lowest BCUT2D eigenvalue weighted by Gasteiger charge is -2.09. The van der Waals surface area contributed by atoms with Crippen molar-refractivity contribution < 1.29 is 28.6 Å². The van der Waals surface area contributed by atoms with E-state index in [4.69, 9.17) is 9.47 Å². The van der Waals surface area contributed by atoms with Gasteiger partial charge in [-0.15, -0.1) is 0 Å². The van der Waals surface area contributed by atoms with Gasteiger partial charge >= 0.3 is 5.97 Å². The highest BCUT2D eigenvalue weighted by Gasteiger charge is 2.25. The molecule has 0 bridgehead atoms. The van der Waals surface area contributed by atoms with Gasteiger partial charge in [0.15, 0.2) is 17.6 Å². The summed E-state index contributed by atoms with van der Waals surface area (Å²) in [6.07, 6.45) is 0. The molecule has 0 atom stereocenters. The number of benzene rings is 2. The number of fused-ring (bicyclic) bond motifs is 1. The van der Waals surface area contributed by atoms with E-state index in [2.05, 4.69) is 5.32 Å². The van der Waals surface area contributed by atoms with Crippen molar-refractivity contribution in [2.24, 2.45) is 0 Å². The highest BCUT2D eigenvalue weighted by Crippen LogP contribution is 2.29. The van der Waals surface area contributed by atoms with Gasteiger partial charge in [0, 0.05) is 19.1 Å². The molecule has 1 amide bonds. The van der Waals surface area contributed by atoms with Gasteiger partial charge in [0.05, 0.1) is 42.5 Å². The zero-order valence-electron chi connectivity index (χ0n) is 18.4. The SMILES string of the molecule is CCOC(=O)c1ccc2c(c1)n(CC(=O)Nc1ccc([N+](=O)[O-])cc1OC)c(C)[n+]2CC. The quantitative estimate of drug-likeness (QED) is 0.249. The van der Waals surface area contributed by atoms with Crippen LogP contribution < -0.4 is 14.6 Å². The number of hydrogen-bond acceptors (Lipinski definition) is 6. The third-order valence-electron chi connectivity index (χ3n) is 5.14. The van der Waals surface area contributed by atoms with Crippen LogP contribution in [0.1, 0.15) is 30.0 Å². The summed E-state index contributed by atoms with van der Waals surface area (Å²) < 4.78 is 14.1. The minimum absolute atomic E-state index is 0.0260. The number of ether oxygens (including phenoxy) is 2. The molecule has 10 heteroatoms. The molecule has 0 unspecified atom stereocenters. The van der Waals surface area contributed by atoms with E-state index >= 15 is 0 Å². The lowest BCUT2D eigenvalue weighted by atomic mass is 10.2. The number of methoxy groups -OCH3 is 1. The first-order chi connectivity index (χ1) is 15.3. The van der Waals surface area contributed by atoms with Crippen LogP contribution in [0.2, 0.25) is 0 Å². The number of carbonyl (C=O) groups is 2. The Balaban J connectivity index is 1.94. The highest BCUT2D eigenvalue weighted by atomic mass is 16.6. The molecular weight excluding hydrogens is 416 g/mol. The van der Waals surface area contributed by atoms with Crippen molar-refractivity contribution in [3.63, 3.8) is 0 Å². The van der Waals surface area contributed by atoms with Crippen LogP contribution in [0.25, 0.3) is 11.0 Å². The Morgan fingerprint density at radius 1 is 1.19 bits per heavy atom. The summed E-state index contributed by atoms with van der Waals surface area (Å²) in [6, 6.07) is 9.24. The fraction of sp³-hybridized carbons (Fsp3) is 0.318. The maximum atomic E-state index is 12.9. The maximum absolute atomic E-state index is 12.9. The van der Waals surface area contributed by atoms with E-state index in [0.29, 0.717) is 17.8 Å². The summed E-state index contributed by atoms with van der Waals surface area (Å²) in [5.74, 6) is 0.258. The van der Waals surface area contributed by atoms with Crippen LogP contribution in [-0.2, 0) is 22.6 Å². The number of anilines is 1. The van der Waals surface area contributed by atoms with Crippen LogP contribution >= 0.6 is 0 Å². The van der Waals surface area contributed by atoms with Crippen LogP contribution in [0.5, 0.6) is 5.75 Å². The lowest BCUT2D eigenvalue weighted by Crippen LogP contribution is -2.35. The molecule has 0 spiro atoms. The maximum Gasteiger partial charge on any atom is 0.338 e. The van der Waals surface area contributed by atoms with E-state index in [9.17, 15) is 19.7 Å². The molecule has 3 rings (SSSR count). The summed E-state index contributed by atoms with van der Waals surface area (Å²) in [7, 11) is 1.37. The molecule has 1 N–H and O–H groups in total. The first-order valence-corrected chi connectivity index (χ1v) is 10.1. The second kappa shape index (κ2) is 9.46. The smallest absolute Gasteiger partial charge is 0.338 e. The Bertz CT molecular complexity index is 1200. The second-order valence-electron chi connectivity index (χ2n) is 6.99. The number of nitrogens with one attached hydrogen (secondary N) is 1. The molecule has 168 valence electrons. The van der Waals surface area contributed by atoms with E-state index in [1.807, 2.05) is 29.0 Å². The van der Waals surface area contributed by atoms with Crippen LogP contribution in [-0.4, -0.2) is 35.1 Å². The standard InChI is InChI=1S/C22H24N4O6/c1-5-24-14(3)25(19-11-15(7-10-18(19)24)22(28)32-6-2)13-21(27)23-17-9-8-16(26(29)30)12-20(17)31-4/h7-12H,5-6,13H2,1-4H3/p+1. The van der Waals surface area contributed by atoms with Gasteiger partial charge in [-0.1, -0.05) is 0 Å². The molecule has 0 aliphatic carbocycles. The van der Waals surface area contributed by atoms with Gasteiger partial charge in [-0.2, -0.15) is 0 Å². The van der Waals surface area contributed by atoms with Gasteiger partial charge in [0.1, 0.15) is 5.75 Å². The number of imidazole rings is 1. The van der Waals surface area contributed by atoms with E-state index in [1.165, 1.54) is 25.3 Å². The van der Waals surface area contributed by atoms with E-state index in [0.717, 1.165) is 16.9 Å². The number of nitro benzene ring substituents is 1. The second-order valence-corrected chi connectivity index (χ2v) is 6.99. The predicted octanol–water partition coefficient (Wildman–Crippen LogP) is 2.99. The lowest BCUT2D eigenvalue weighted by molar-refractivity contribution is -0.674. The number of nitro groups is 1. The third-order valence-corrected chi connectivity index (χ3v) is 5.14. The zero-order valence-corrected chi connectivity index (χ0v) is 18.4. The highest BCUT2D eigenvalue weighted by molar-refractivity contribution is 5.95. The number of carbonyl (C=O) groups excluding carboxylic acids is 2. The molecule has 32 heavy (non-hydrogen) atoms. The van der Waals surface area contributed by atoms with Gasteiger partial charge in [-0.25, -0.2) is 13.9 Å². The monoisotopic (exact) mass is 441 g/mol. The van der Waals surface area contributed by atoms with Crippen LogP contribution in [0.15, 0.2) is 36.4 Å². The molecule has 0 saturated carbocycles. The molecule has 0 fully saturated rings. The predicted molar refractivity (Wildman–Crippen MR) is 117 cm³/mol. The number of nitrogens with zero attached hydrogens (tertiary/aromatic N) is 3. The van der Waals surface area contributed by atoms with Gasteiger partial charge in [0.2, 0.25) is 0 Å².